The van der Waals surface area contributed by atoms with E-state index in [1.54, 1.807) is 54.6 Å². The van der Waals surface area contributed by atoms with E-state index < -0.39 is 0 Å². The zero-order valence-corrected chi connectivity index (χ0v) is 69.4. The minimum atomic E-state index is -0.383. The number of amides is 5. The smallest absolute Gasteiger partial charge is 0.410 e. The quantitative estimate of drug-likeness (QED) is 0.0247. The molecule has 6 aliphatic rings. The molecule has 6 fully saturated rings. The standard InChI is InChI=1S/C44H52N8O3.C39H42N6O4.C10H18N2O2/c1-4-40-38(41(49-35-14-16-55-17-15-35)39-25-48-52(5-2)42(39)50-40)24-47-44(54)33-11-7-10-32(20-33)43(53)46-22-34-19-31(13-12-28(34)3)30-9-6-8-29(18-30)26-51-27-36-21-37(51)23-45-36;1-4-35-33(36(43-32-14-16-49-17-15-32)34-23-42-45(5-2)37(34)44-35)22-41-39(48)30-11-7-10-29(20-30)38(47)40-21-31-19-28(13-12-25(31)3)27-9-6-8-26(18-27)24-46;1-10(2,3)14-9(13)12-6-7-4-8(12)5-11-7/h6-13,18-20,25,35-37,45H,4-5,14-17,21-24,26-27H2,1-3H3,(H,46,53)(H,47,54)(H,49,50);6-13,18-20,23-24,32H,4-5,14-17,21-22H2,1-3H3,(H,40,47)(H,41,48)(H,43,44);7-8,11H,4-6H2,1-3H3/t36-,37-;;7-,8-/m0.1/s1. The average Bonchev–Trinajstić information content (AvgIpc) is 1.58. The number of rotatable bonds is 25. The number of hydrogen-bond donors (Lipinski definition) is 8. The first-order chi connectivity index (χ1) is 57.2. The van der Waals surface area contributed by atoms with E-state index in [-0.39, 0.29) is 54.0 Å². The molecule has 5 amide bonds. The Bertz CT molecular complexity index is 5290. The predicted octanol–water partition coefficient (Wildman–Crippen LogP) is 13.2. The lowest BCUT2D eigenvalue weighted by atomic mass is 9.98. The number of carbonyl (C=O) groups excluding carboxylic acids is 6. The maximum atomic E-state index is 13.6. The molecule has 118 heavy (non-hydrogen) atoms. The summed E-state index contributed by atoms with van der Waals surface area (Å²) in [6.07, 6.45) is 11.7. The maximum Gasteiger partial charge on any atom is 0.410 e. The summed E-state index contributed by atoms with van der Waals surface area (Å²) in [6, 6.07) is 45.0. The Morgan fingerprint density at radius 3 is 1.39 bits per heavy atom. The summed E-state index contributed by atoms with van der Waals surface area (Å²) in [5.74, 6) is -1.03. The van der Waals surface area contributed by atoms with Crippen molar-refractivity contribution in [2.24, 2.45) is 0 Å². The number of anilines is 2. The van der Waals surface area contributed by atoms with Crippen molar-refractivity contribution in [2.45, 2.75) is 201 Å². The second-order valence-electron chi connectivity index (χ2n) is 32.7. The van der Waals surface area contributed by atoms with E-state index in [1.807, 2.05) is 97.7 Å². The molecule has 0 unspecified atom stereocenters. The molecule has 6 aliphatic heterocycles. The number of pyridine rings is 2. The monoisotopic (exact) mass is 1600 g/mol. The normalized spacial score (nSPS) is 17.8. The summed E-state index contributed by atoms with van der Waals surface area (Å²) >= 11 is 0. The van der Waals surface area contributed by atoms with Gasteiger partial charge in [-0.1, -0.05) is 86.6 Å². The molecule has 4 aromatic heterocycles. The van der Waals surface area contributed by atoms with Crippen LogP contribution in [0.2, 0.25) is 0 Å². The fourth-order valence-corrected chi connectivity index (χ4v) is 16.8. The van der Waals surface area contributed by atoms with E-state index in [9.17, 15) is 28.8 Å². The highest BCUT2D eigenvalue weighted by atomic mass is 16.6. The Morgan fingerprint density at radius 1 is 0.525 bits per heavy atom. The van der Waals surface area contributed by atoms with Gasteiger partial charge in [0.05, 0.1) is 34.5 Å². The van der Waals surface area contributed by atoms with Crippen LogP contribution >= 0.6 is 0 Å². The van der Waals surface area contributed by atoms with Gasteiger partial charge in [-0.2, -0.15) is 10.2 Å². The maximum absolute atomic E-state index is 13.6. The summed E-state index contributed by atoms with van der Waals surface area (Å²) in [6.45, 7) is 28.5. The minimum absolute atomic E-state index is 0.161. The minimum Gasteiger partial charge on any atom is -0.444 e. The fourth-order valence-electron chi connectivity index (χ4n) is 16.8. The van der Waals surface area contributed by atoms with Crippen LogP contribution in [0.1, 0.15) is 189 Å². The Morgan fingerprint density at radius 2 is 0.966 bits per heavy atom. The van der Waals surface area contributed by atoms with Gasteiger partial charge in [-0.15, -0.1) is 0 Å². The van der Waals surface area contributed by atoms with Crippen molar-refractivity contribution in [3.63, 3.8) is 0 Å². The van der Waals surface area contributed by atoms with Gasteiger partial charge in [-0.25, -0.2) is 24.1 Å². The number of aromatic nitrogens is 6. The molecule has 6 aromatic carbocycles. The van der Waals surface area contributed by atoms with Crippen LogP contribution in [0.3, 0.4) is 0 Å². The van der Waals surface area contributed by atoms with E-state index in [0.29, 0.717) is 104 Å². The second kappa shape index (κ2) is 38.0. The number of ether oxygens (including phenoxy) is 3. The first kappa shape index (κ1) is 83.3. The molecule has 25 heteroatoms. The molecule has 0 spiro atoms. The van der Waals surface area contributed by atoms with E-state index in [1.165, 1.54) is 17.5 Å². The first-order valence-corrected chi connectivity index (χ1v) is 42.0. The fraction of sp³-hybridized carbons (Fsp3) is 0.419. The van der Waals surface area contributed by atoms with Crippen molar-refractivity contribution in [1.82, 2.24) is 71.2 Å². The zero-order valence-electron chi connectivity index (χ0n) is 69.4. The Kier molecular flexibility index (Phi) is 26.8. The lowest BCUT2D eigenvalue weighted by Gasteiger charge is -2.30. The number of hydrogen-bond acceptors (Lipinski definition) is 18. The van der Waals surface area contributed by atoms with Crippen molar-refractivity contribution >= 4 is 69.4 Å². The van der Waals surface area contributed by atoms with Crippen LogP contribution in [0.5, 0.6) is 0 Å². The summed E-state index contributed by atoms with van der Waals surface area (Å²) in [5.41, 5.74) is 18.9. The third kappa shape index (κ3) is 20.0. The van der Waals surface area contributed by atoms with Gasteiger partial charge in [0.2, 0.25) is 0 Å². The number of aryl methyl sites for hydroxylation is 6. The second-order valence-corrected chi connectivity index (χ2v) is 32.7. The van der Waals surface area contributed by atoms with Crippen LogP contribution in [0.15, 0.2) is 146 Å². The number of aldehydes is 1. The van der Waals surface area contributed by atoms with Crippen molar-refractivity contribution < 1.29 is 43.0 Å². The highest BCUT2D eigenvalue weighted by molar-refractivity contribution is 6.01. The molecule has 0 radical (unpaired) electrons. The third-order valence-corrected chi connectivity index (χ3v) is 23.4. The molecule has 16 rings (SSSR count). The van der Waals surface area contributed by atoms with E-state index in [2.05, 4.69) is 128 Å². The van der Waals surface area contributed by atoms with Gasteiger partial charge in [-0.05, 0) is 211 Å². The summed E-state index contributed by atoms with van der Waals surface area (Å²) in [4.78, 5) is 91.3. The number of likely N-dealkylation sites (tertiary alicyclic amines) is 2. The van der Waals surface area contributed by atoms with Crippen molar-refractivity contribution in [2.75, 3.05) is 63.2 Å². The molecule has 8 N–H and O–H groups in total. The number of nitrogens with one attached hydrogen (secondary N) is 8. The van der Waals surface area contributed by atoms with Gasteiger partial charge >= 0.3 is 6.09 Å². The van der Waals surface area contributed by atoms with Crippen molar-refractivity contribution in [1.29, 1.82) is 0 Å². The van der Waals surface area contributed by atoms with E-state index >= 15 is 0 Å². The van der Waals surface area contributed by atoms with Gasteiger partial charge in [-0.3, -0.25) is 28.9 Å². The molecule has 0 saturated carbocycles. The topological polar surface area (TPSA) is 294 Å². The number of benzene rings is 6. The van der Waals surface area contributed by atoms with Crippen LogP contribution in [0, 0.1) is 13.8 Å². The molecular formula is C93H112N16O9. The van der Waals surface area contributed by atoms with E-state index in [4.69, 9.17) is 24.2 Å². The zero-order chi connectivity index (χ0) is 82.6. The highest BCUT2D eigenvalue weighted by Crippen LogP contribution is 2.36. The number of fused-ring (bicyclic) bond motifs is 6. The molecule has 0 aliphatic carbocycles. The Balaban J connectivity index is 0.000000167. The number of piperazine rings is 2. The van der Waals surface area contributed by atoms with Gasteiger partial charge in [0.15, 0.2) is 11.3 Å². The van der Waals surface area contributed by atoms with Crippen LogP contribution < -0.4 is 42.5 Å². The summed E-state index contributed by atoms with van der Waals surface area (Å²) < 4.78 is 20.3. The molecule has 4 atom stereocenters. The van der Waals surface area contributed by atoms with Crippen LogP contribution in [-0.2, 0) is 72.9 Å². The number of nitrogens with zero attached hydrogens (tertiary/aromatic N) is 8. The summed E-state index contributed by atoms with van der Waals surface area (Å²) in [5, 5.41) is 37.8. The highest BCUT2D eigenvalue weighted by Gasteiger charge is 2.42. The largest absolute Gasteiger partial charge is 0.444 e. The SMILES string of the molecule is CC(C)(C)OC(=O)N1C[C@H]2C[C@@H]1CN2.CCc1nc2c(cnn2CC)c(NC2CCOCC2)c1CNC(=O)c1cccc(C(=O)NCc2cc(-c3cccc(C=O)c3)ccc2C)c1.CCc1nc2c(cnn2CC)c(NC2CCOCC2)c1CNC(=O)c1cccc(C(=O)NCc2cc(-c3cccc(CN4C[C@@H]5C[C@H]4CN5)c3)ccc2C)c1. The van der Waals surface area contributed by atoms with E-state index in [0.717, 1.165) is 186 Å². The van der Waals surface area contributed by atoms with Gasteiger partial charge in [0.25, 0.3) is 23.6 Å². The van der Waals surface area contributed by atoms with Crippen LogP contribution in [0.25, 0.3) is 44.3 Å². The average molecular weight is 1600 g/mol. The van der Waals surface area contributed by atoms with Crippen LogP contribution in [-0.4, -0.2) is 170 Å². The van der Waals surface area contributed by atoms with Gasteiger partial charge in [0, 0.05) is 185 Å². The molecule has 6 saturated heterocycles. The lowest BCUT2D eigenvalue weighted by molar-refractivity contribution is 0.0204. The third-order valence-electron chi connectivity index (χ3n) is 23.4. The molecule has 4 bridgehead atoms. The molecule has 10 heterocycles. The van der Waals surface area contributed by atoms with Gasteiger partial charge in [0.1, 0.15) is 11.9 Å². The van der Waals surface area contributed by atoms with Crippen LogP contribution in [0.4, 0.5) is 16.2 Å². The van der Waals surface area contributed by atoms with Crippen molar-refractivity contribution in [3.05, 3.63) is 224 Å². The summed E-state index contributed by atoms with van der Waals surface area (Å²) in [7, 11) is 0. The first-order valence-electron chi connectivity index (χ1n) is 42.0. The Hall–Kier alpha value is -11.2. The molecule has 10 aromatic rings. The Labute approximate surface area is 690 Å². The number of carbonyl (C=O) groups is 6. The predicted molar refractivity (Wildman–Crippen MR) is 460 cm³/mol. The molecule has 618 valence electrons. The molecule has 25 nitrogen and oxygen atoms in total. The van der Waals surface area contributed by atoms with Crippen molar-refractivity contribution in [3.8, 4) is 22.3 Å². The molecular weight excluding hydrogens is 1490 g/mol. The van der Waals surface area contributed by atoms with Gasteiger partial charge < -0.3 is 61.6 Å². The lowest BCUT2D eigenvalue weighted by Crippen LogP contribution is -2.48.